The summed E-state index contributed by atoms with van der Waals surface area (Å²) in [7, 11) is 0. The largest absolute Gasteiger partial charge is 0.375 e. The molecule has 11 heteroatoms. The van der Waals surface area contributed by atoms with Crippen molar-refractivity contribution in [2.75, 3.05) is 65.9 Å². The van der Waals surface area contributed by atoms with E-state index in [9.17, 15) is 9.59 Å². The van der Waals surface area contributed by atoms with Gasteiger partial charge >= 0.3 is 0 Å². The number of rotatable bonds is 5. The van der Waals surface area contributed by atoms with Gasteiger partial charge in [0.05, 0.1) is 52.9 Å². The molecule has 14 atom stereocenters. The zero-order chi connectivity index (χ0) is 73.0. The lowest BCUT2D eigenvalue weighted by molar-refractivity contribution is -0.284. The molecule has 17 rings (SSSR count). The summed E-state index contributed by atoms with van der Waals surface area (Å²) in [6, 6.07) is 0. The first kappa shape index (κ1) is 76.0. The minimum absolute atomic E-state index is 0.0286. The van der Waals surface area contributed by atoms with Crippen LogP contribution in [0, 0.1) is 100 Å². The molecule has 5 aliphatic heterocycles. The van der Waals surface area contributed by atoms with Crippen LogP contribution in [0.1, 0.15) is 298 Å². The molecule has 5 saturated heterocycles. The fourth-order valence-electron chi connectivity index (χ4n) is 28.9. The minimum Gasteiger partial charge on any atom is -0.375 e. The summed E-state index contributed by atoms with van der Waals surface area (Å²) in [6.07, 6.45) is 42.7. The van der Waals surface area contributed by atoms with E-state index in [1.165, 1.54) is 100 Å². The summed E-state index contributed by atoms with van der Waals surface area (Å²) in [5, 5.41) is 0. The molecule has 4 spiro atoms. The zero-order valence-electron chi connectivity index (χ0n) is 67.8. The van der Waals surface area contributed by atoms with Crippen molar-refractivity contribution in [1.29, 1.82) is 0 Å². The molecule has 0 radical (unpaired) electrons. The maximum atomic E-state index is 13.4. The van der Waals surface area contributed by atoms with E-state index in [0.717, 1.165) is 129 Å². The highest BCUT2D eigenvalue weighted by Crippen LogP contribution is 2.74. The molecule has 0 bridgehead atoms. The summed E-state index contributed by atoms with van der Waals surface area (Å²) in [6.45, 7) is 55.9. The first-order valence-corrected chi connectivity index (χ1v) is 42.2. The van der Waals surface area contributed by atoms with Crippen molar-refractivity contribution in [3.8, 4) is 0 Å². The van der Waals surface area contributed by atoms with Crippen LogP contribution in [0.4, 0.5) is 0 Å². The van der Waals surface area contributed by atoms with Crippen LogP contribution in [0.3, 0.4) is 0 Å². The Labute approximate surface area is 618 Å². The lowest BCUT2D eigenvalue weighted by atomic mass is 9.42. The number of fused-ring (bicyclic) bond motifs is 12. The van der Waals surface area contributed by atoms with Gasteiger partial charge in [-0.1, -0.05) is 188 Å². The van der Waals surface area contributed by atoms with Crippen molar-refractivity contribution < 1.29 is 47.5 Å². The van der Waals surface area contributed by atoms with Crippen molar-refractivity contribution in [3.05, 3.63) is 70.5 Å². The molecular weight excluding hydrogens is 1270 g/mol. The number of ether oxygens (including phenoxy) is 8. The molecule has 17 aliphatic rings. The van der Waals surface area contributed by atoms with Gasteiger partial charge < -0.3 is 42.8 Å². The van der Waals surface area contributed by atoms with E-state index in [1.807, 2.05) is 0 Å². The van der Waals surface area contributed by atoms with E-state index < -0.39 is 11.6 Å². The summed E-state index contributed by atoms with van der Waals surface area (Å²) >= 11 is 0. The quantitative estimate of drug-likeness (QED) is 0.245. The average Bonchev–Trinajstić information content (AvgIpc) is 1.17. The van der Waals surface area contributed by atoms with Crippen molar-refractivity contribution in [3.63, 3.8) is 0 Å². The molecule has 0 aromatic rings. The van der Waals surface area contributed by atoms with Crippen LogP contribution in [-0.4, -0.2) is 106 Å². The second kappa shape index (κ2) is 26.2. The second-order valence-corrected chi connectivity index (χ2v) is 40.4. The molecule has 0 N–H and O–H groups in total. The van der Waals surface area contributed by atoms with Gasteiger partial charge in [-0.15, -0.1) is 0 Å². The van der Waals surface area contributed by atoms with E-state index >= 15 is 0 Å². The zero-order valence-corrected chi connectivity index (χ0v) is 67.8. The first-order chi connectivity index (χ1) is 48.0. The van der Waals surface area contributed by atoms with Gasteiger partial charge in [-0.05, 0) is 187 Å². The van der Waals surface area contributed by atoms with E-state index in [-0.39, 0.29) is 82.5 Å². The third-order valence-corrected chi connectivity index (χ3v) is 34.5. The van der Waals surface area contributed by atoms with Crippen LogP contribution in [-0.2, 0) is 47.5 Å². The van der Waals surface area contributed by atoms with Gasteiger partial charge in [0.25, 0.3) is 0 Å². The second-order valence-electron chi connectivity index (χ2n) is 40.4. The summed E-state index contributed by atoms with van der Waals surface area (Å²) in [5.41, 5.74) is 10.1. The Balaban J connectivity index is 0.000000115. The molecule has 0 aromatic carbocycles. The Bertz CT molecular complexity index is 3270. The Morgan fingerprint density at radius 1 is 0.412 bits per heavy atom. The smallest absolute Gasteiger partial charge is 0.173 e. The summed E-state index contributed by atoms with van der Waals surface area (Å²) < 4.78 is 49.8. The van der Waals surface area contributed by atoms with Crippen LogP contribution >= 0.6 is 0 Å². The minimum atomic E-state index is -0.422. The van der Waals surface area contributed by atoms with Crippen molar-refractivity contribution >= 4 is 11.6 Å². The van der Waals surface area contributed by atoms with Crippen molar-refractivity contribution in [2.24, 2.45) is 100 Å². The van der Waals surface area contributed by atoms with Crippen molar-refractivity contribution in [2.45, 2.75) is 321 Å². The average molecular weight is 1410 g/mol. The molecule has 12 aliphatic carbocycles. The third kappa shape index (κ3) is 11.0. The maximum absolute atomic E-state index is 13.4. The fraction of sp³-hybridized carbons (Fsp3) is 0.846. The molecular formula is C91H141NO10. The van der Waals surface area contributed by atoms with E-state index in [1.54, 1.807) is 16.8 Å². The lowest BCUT2D eigenvalue weighted by Crippen LogP contribution is -2.62. The van der Waals surface area contributed by atoms with Crippen LogP contribution in [0.5, 0.6) is 0 Å². The number of ketones is 2. The monoisotopic (exact) mass is 1410 g/mol. The Kier molecular flexibility index (Phi) is 19.6. The first-order valence-electron chi connectivity index (χ1n) is 42.2. The van der Waals surface area contributed by atoms with Crippen LogP contribution in [0.25, 0.3) is 0 Å². The molecule has 570 valence electrons. The Morgan fingerprint density at radius 3 is 1.19 bits per heavy atom. The summed E-state index contributed by atoms with van der Waals surface area (Å²) in [4.78, 5) is 28.7. The van der Waals surface area contributed by atoms with Crippen LogP contribution in [0.2, 0.25) is 0 Å². The predicted octanol–water partition coefficient (Wildman–Crippen LogP) is 21.1. The van der Waals surface area contributed by atoms with E-state index in [0.29, 0.717) is 67.6 Å². The third-order valence-electron chi connectivity index (χ3n) is 34.5. The number of carbonyl (C=O) groups is 2. The molecule has 0 amide bonds. The van der Waals surface area contributed by atoms with Gasteiger partial charge in [-0.2, -0.15) is 0 Å². The highest BCUT2D eigenvalue weighted by atomic mass is 16.8. The van der Waals surface area contributed by atoms with Gasteiger partial charge in [-0.3, -0.25) is 9.59 Å². The normalized spacial score (nSPS) is 43.6. The van der Waals surface area contributed by atoms with E-state index in [2.05, 4.69) is 166 Å². The number of hydrogen-bond donors (Lipinski definition) is 0. The molecule has 102 heavy (non-hydrogen) atoms. The Morgan fingerprint density at radius 2 is 0.765 bits per heavy atom. The number of hydrogen-bond acceptors (Lipinski definition) is 11. The molecule has 13 fully saturated rings. The Hall–Kier alpha value is -2.74. The summed E-state index contributed by atoms with van der Waals surface area (Å²) in [5.74, 6) is 2.58. The van der Waals surface area contributed by atoms with Gasteiger partial charge in [-0.25, -0.2) is 0 Å². The number of likely N-dealkylation sites (tertiary alicyclic amines) is 1. The van der Waals surface area contributed by atoms with E-state index in [4.69, 9.17) is 37.9 Å². The molecule has 0 aromatic heterocycles. The molecule has 5 heterocycles. The highest BCUT2D eigenvalue weighted by molar-refractivity contribution is 5.91. The highest BCUT2D eigenvalue weighted by Gasteiger charge is 2.71. The van der Waals surface area contributed by atoms with Gasteiger partial charge in [0.15, 0.2) is 23.1 Å². The fourth-order valence-corrected chi connectivity index (χ4v) is 28.9. The van der Waals surface area contributed by atoms with Crippen LogP contribution in [0.15, 0.2) is 70.5 Å². The molecule has 11 nitrogen and oxygen atoms in total. The van der Waals surface area contributed by atoms with Crippen LogP contribution < -0.4 is 0 Å². The van der Waals surface area contributed by atoms with Gasteiger partial charge in [0.2, 0.25) is 0 Å². The number of nitrogens with zero attached hydrogens (tertiary/aromatic N) is 1. The van der Waals surface area contributed by atoms with Crippen molar-refractivity contribution in [1.82, 2.24) is 4.90 Å². The topological polar surface area (TPSA) is 111 Å². The maximum Gasteiger partial charge on any atom is 0.173 e. The SMILES string of the molecule is C=C1[C@@H](CCC)CC=C2[C@@]1(C)CC[C@H]1C(C)(C)C3(CC[C@]21C)OCCO3.CC1(C)[C@@H]2CC[C@@]3(C)C(=O)CCC=C3[C@@]2(C)CCC12OCCO2.CC1(C)[C@@H]2CC[C@@]3(C)C=C(N4CCCC4)CC=C3[C@@]2(C)CCC12OCCO2.CCC[C@H]1CC=C2[C@@](C)(CC[C@H]3C(C)(C)C4(CC[C@]23C)OCCO4)C1=O. The van der Waals surface area contributed by atoms with Gasteiger partial charge in [0, 0.05) is 107 Å². The predicted molar refractivity (Wildman–Crippen MR) is 407 cm³/mol. The number of allylic oxidation sites excluding steroid dienone is 10. The molecule has 0 unspecified atom stereocenters. The number of carbonyl (C=O) groups excluding carboxylic acids is 2. The lowest BCUT2D eigenvalue weighted by Gasteiger charge is -2.65. The molecule has 8 saturated carbocycles. The standard InChI is InChI=1S/C24H37NO2.C24H38O2.C23H36O3.C20H30O3/c1-21(2)19-9-10-22(3)17-18(25-13-5-6-14-25)7-8-20(22)23(19,4)11-12-24(21)26-15-16-27-24;1-7-8-18-9-10-20-22(5,17(18)2)12-11-19-21(3,4)24(25-15-16-26-24)14-13-23(19,20)6;1-6-7-16-8-9-18-21(4)12-13-23(25-14-15-26-23)20(2,3)17(21)10-11-22(18,5)19(16)24;1-17(2)14-8-9-19(4)15(6-5-7-16(19)21)18(14,3)10-11-20(17)22-12-13-23-20/h8,17,19H,5-7,9-16H2,1-4H3;10,18-19H,2,7-9,11-16H2,1,3-6H3;9,16-17H,6-8,10-15H2,1-5H3;6,14H,5,7-13H2,1-4H3/t19-,22-,23-;18-,19-,22-,23-;16-,17-,21-,22+;14-,18-,19+/m0000/s1. The van der Waals surface area contributed by atoms with Gasteiger partial charge in [0.1, 0.15) is 11.6 Å². The number of Topliss-reactive ketones (excluding diaryl/α,β-unsaturated/α-hetero) is 2.